The van der Waals surface area contributed by atoms with E-state index in [0.717, 1.165) is 12.0 Å². The molecule has 0 spiro atoms. The first-order valence-electron chi connectivity index (χ1n) is 6.35. The molecular formula is C15H20O3. The molecule has 0 amide bonds. The molecule has 1 aliphatic rings. The lowest BCUT2D eigenvalue weighted by atomic mass is 9.92. The number of epoxide rings is 1. The first-order valence-corrected chi connectivity index (χ1v) is 6.35. The van der Waals surface area contributed by atoms with Crippen molar-refractivity contribution in [1.82, 2.24) is 0 Å². The van der Waals surface area contributed by atoms with Crippen LogP contribution in [0.15, 0.2) is 30.3 Å². The Morgan fingerprint density at radius 2 is 1.94 bits per heavy atom. The summed E-state index contributed by atoms with van der Waals surface area (Å²) in [6.07, 6.45) is 0.296. The second-order valence-corrected chi connectivity index (χ2v) is 5.64. The molecule has 3 heteroatoms. The fourth-order valence-corrected chi connectivity index (χ4v) is 2.18. The zero-order chi connectivity index (χ0) is 13.4. The number of rotatable bonds is 3. The molecular weight excluding hydrogens is 228 g/mol. The maximum Gasteiger partial charge on any atom is 0.339 e. The van der Waals surface area contributed by atoms with Crippen LogP contribution in [0.25, 0.3) is 0 Å². The van der Waals surface area contributed by atoms with Crippen molar-refractivity contribution in [3.8, 4) is 0 Å². The van der Waals surface area contributed by atoms with Crippen LogP contribution in [-0.4, -0.2) is 17.7 Å². The summed E-state index contributed by atoms with van der Waals surface area (Å²) in [4.78, 5) is 12.0. The summed E-state index contributed by atoms with van der Waals surface area (Å²) in [5.74, 6) is -0.270. The van der Waals surface area contributed by atoms with E-state index in [0.29, 0.717) is 0 Å². The first-order chi connectivity index (χ1) is 8.39. The lowest BCUT2D eigenvalue weighted by Gasteiger charge is -2.19. The molecule has 0 aromatic heterocycles. The summed E-state index contributed by atoms with van der Waals surface area (Å²) in [5.41, 5.74) is 0.0892. The zero-order valence-corrected chi connectivity index (χ0v) is 11.4. The van der Waals surface area contributed by atoms with E-state index >= 15 is 0 Å². The molecule has 1 aliphatic heterocycles. The molecule has 1 aromatic carbocycles. The Balaban J connectivity index is 2.14. The lowest BCUT2D eigenvalue weighted by molar-refractivity contribution is -0.156. The van der Waals surface area contributed by atoms with Gasteiger partial charge in [-0.3, -0.25) is 0 Å². The molecule has 0 N–H and O–H groups in total. The fourth-order valence-electron chi connectivity index (χ4n) is 2.18. The summed E-state index contributed by atoms with van der Waals surface area (Å²) in [7, 11) is 0. The Labute approximate surface area is 108 Å². The molecule has 3 nitrogen and oxygen atoms in total. The Morgan fingerprint density at radius 3 is 2.44 bits per heavy atom. The van der Waals surface area contributed by atoms with Crippen LogP contribution >= 0.6 is 0 Å². The van der Waals surface area contributed by atoms with Crippen LogP contribution in [0.4, 0.5) is 0 Å². The van der Waals surface area contributed by atoms with Gasteiger partial charge in [-0.25, -0.2) is 4.79 Å². The van der Waals surface area contributed by atoms with E-state index in [1.54, 1.807) is 0 Å². The second kappa shape index (κ2) is 4.39. The fraction of sp³-hybridized carbons (Fsp3) is 0.533. The van der Waals surface area contributed by atoms with E-state index in [4.69, 9.17) is 9.47 Å². The summed E-state index contributed by atoms with van der Waals surface area (Å²) in [5, 5.41) is 0. The van der Waals surface area contributed by atoms with Crippen molar-refractivity contribution >= 4 is 5.97 Å². The van der Waals surface area contributed by atoms with E-state index in [2.05, 4.69) is 0 Å². The molecule has 1 saturated heterocycles. The van der Waals surface area contributed by atoms with Gasteiger partial charge >= 0.3 is 5.97 Å². The highest BCUT2D eigenvalue weighted by Gasteiger charge is 2.61. The van der Waals surface area contributed by atoms with Gasteiger partial charge in [-0.05, 0) is 32.8 Å². The van der Waals surface area contributed by atoms with E-state index in [1.807, 2.05) is 58.0 Å². The molecule has 18 heavy (non-hydrogen) atoms. The van der Waals surface area contributed by atoms with Gasteiger partial charge in [0.25, 0.3) is 0 Å². The average molecular weight is 248 g/mol. The minimum atomic E-state index is -0.483. The first kappa shape index (κ1) is 13.1. The Kier molecular flexibility index (Phi) is 3.20. The van der Waals surface area contributed by atoms with Crippen molar-refractivity contribution < 1.29 is 14.3 Å². The van der Waals surface area contributed by atoms with Gasteiger partial charge in [0.1, 0.15) is 11.2 Å². The summed E-state index contributed by atoms with van der Waals surface area (Å²) in [6, 6.07) is 9.86. The lowest BCUT2D eigenvalue weighted by Crippen LogP contribution is -2.29. The molecule has 2 atom stereocenters. The summed E-state index contributed by atoms with van der Waals surface area (Å²) in [6.45, 7) is 7.62. The minimum absolute atomic E-state index is 0.270. The normalized spacial score (nSPS) is 26.8. The molecule has 2 rings (SSSR count). The van der Waals surface area contributed by atoms with Crippen molar-refractivity contribution in [3.63, 3.8) is 0 Å². The average Bonchev–Trinajstić information content (AvgIpc) is 3.04. The third-order valence-electron chi connectivity index (χ3n) is 3.10. The molecule has 0 radical (unpaired) electrons. The van der Waals surface area contributed by atoms with E-state index in [-0.39, 0.29) is 5.97 Å². The Hall–Kier alpha value is -1.35. The third-order valence-corrected chi connectivity index (χ3v) is 3.10. The summed E-state index contributed by atoms with van der Waals surface area (Å²) >= 11 is 0. The van der Waals surface area contributed by atoms with Crippen molar-refractivity contribution in [2.24, 2.45) is 0 Å². The monoisotopic (exact) mass is 248 g/mol. The molecule has 1 heterocycles. The van der Waals surface area contributed by atoms with Crippen LogP contribution in [0.1, 0.15) is 39.7 Å². The van der Waals surface area contributed by atoms with Crippen LogP contribution in [0.2, 0.25) is 0 Å². The van der Waals surface area contributed by atoms with E-state index in [9.17, 15) is 4.79 Å². The number of benzene rings is 1. The topological polar surface area (TPSA) is 38.8 Å². The van der Waals surface area contributed by atoms with Gasteiger partial charge in [0.05, 0.1) is 0 Å². The molecule has 0 saturated carbocycles. The van der Waals surface area contributed by atoms with Crippen molar-refractivity contribution in [1.29, 1.82) is 0 Å². The van der Waals surface area contributed by atoms with Gasteiger partial charge in [0, 0.05) is 0 Å². The molecule has 1 aromatic rings. The maximum atomic E-state index is 12.0. The zero-order valence-electron chi connectivity index (χ0n) is 11.4. The number of hydrogen-bond acceptors (Lipinski definition) is 3. The number of esters is 1. The van der Waals surface area contributed by atoms with Crippen molar-refractivity contribution in [2.45, 2.75) is 51.4 Å². The number of carbonyl (C=O) groups excluding carboxylic acids is 1. The van der Waals surface area contributed by atoms with Gasteiger partial charge in [-0.2, -0.15) is 0 Å². The molecule has 0 aliphatic carbocycles. The number of hydrogen-bond donors (Lipinski definition) is 0. The Bertz CT molecular complexity index is 433. The molecule has 98 valence electrons. The van der Waals surface area contributed by atoms with Crippen LogP contribution in [0.5, 0.6) is 0 Å². The largest absolute Gasteiger partial charge is 0.458 e. The quantitative estimate of drug-likeness (QED) is 0.609. The van der Waals surface area contributed by atoms with Gasteiger partial charge in [0.2, 0.25) is 0 Å². The van der Waals surface area contributed by atoms with Gasteiger partial charge in [-0.15, -0.1) is 0 Å². The standard InChI is InChI=1S/C15H20O3/c1-5-15(11-9-7-6-8-10-11)12(17-15)13(16)18-14(2,3)4/h6-10,12H,5H2,1-4H3. The predicted molar refractivity (Wildman–Crippen MR) is 69.1 cm³/mol. The highest BCUT2D eigenvalue weighted by atomic mass is 16.7. The van der Waals surface area contributed by atoms with Gasteiger partial charge < -0.3 is 9.47 Å². The minimum Gasteiger partial charge on any atom is -0.458 e. The third kappa shape index (κ3) is 2.41. The van der Waals surface area contributed by atoms with Crippen LogP contribution < -0.4 is 0 Å². The van der Waals surface area contributed by atoms with Crippen LogP contribution in [0.3, 0.4) is 0 Å². The van der Waals surface area contributed by atoms with Crippen LogP contribution in [0, 0.1) is 0 Å². The predicted octanol–water partition coefficient (Wildman–Crippen LogP) is 3.03. The molecule has 1 fully saturated rings. The number of carbonyl (C=O) groups is 1. The van der Waals surface area contributed by atoms with E-state index < -0.39 is 17.3 Å². The van der Waals surface area contributed by atoms with Gasteiger partial charge in [-0.1, -0.05) is 37.3 Å². The second-order valence-electron chi connectivity index (χ2n) is 5.64. The van der Waals surface area contributed by atoms with Crippen molar-refractivity contribution in [3.05, 3.63) is 35.9 Å². The molecule has 2 unspecified atom stereocenters. The SMILES string of the molecule is CCC1(c2ccccc2)OC1C(=O)OC(C)(C)C. The van der Waals surface area contributed by atoms with Crippen LogP contribution in [-0.2, 0) is 19.9 Å². The maximum absolute atomic E-state index is 12.0. The Morgan fingerprint density at radius 1 is 1.33 bits per heavy atom. The van der Waals surface area contributed by atoms with Crippen molar-refractivity contribution in [2.75, 3.05) is 0 Å². The smallest absolute Gasteiger partial charge is 0.339 e. The highest BCUT2D eigenvalue weighted by Crippen LogP contribution is 2.49. The van der Waals surface area contributed by atoms with E-state index in [1.165, 1.54) is 0 Å². The van der Waals surface area contributed by atoms with Gasteiger partial charge in [0.15, 0.2) is 6.10 Å². The molecule has 0 bridgehead atoms. The highest BCUT2D eigenvalue weighted by molar-refractivity contribution is 5.80. The number of ether oxygens (including phenoxy) is 2. The summed E-state index contributed by atoms with van der Waals surface area (Å²) < 4.78 is 11.0.